The summed E-state index contributed by atoms with van der Waals surface area (Å²) in [5.41, 5.74) is 5.62. The Kier molecular flexibility index (Phi) is 3.91. The predicted octanol–water partition coefficient (Wildman–Crippen LogP) is 5.42. The van der Waals surface area contributed by atoms with Gasteiger partial charge in [0.05, 0.1) is 5.69 Å². The predicted molar refractivity (Wildman–Crippen MR) is 81.3 cm³/mol. The van der Waals surface area contributed by atoms with Crippen LogP contribution in [-0.2, 0) is 0 Å². The van der Waals surface area contributed by atoms with Crippen molar-refractivity contribution in [3.8, 4) is 0 Å². The minimum Gasteiger partial charge on any atom is -0.252 e. The third-order valence-electron chi connectivity index (χ3n) is 4.55. The van der Waals surface area contributed by atoms with E-state index >= 15 is 0 Å². The Morgan fingerprint density at radius 1 is 1.16 bits per heavy atom. The fraction of sp³-hybridized carbons (Fsp3) is 0.556. The van der Waals surface area contributed by atoms with Crippen LogP contribution in [0, 0.1) is 5.92 Å². The molecule has 1 unspecified atom stereocenters. The van der Waals surface area contributed by atoms with Crippen LogP contribution in [0.15, 0.2) is 30.0 Å². The first-order valence-electron chi connectivity index (χ1n) is 7.94. The standard InChI is InChI=1S/C18H24N/c1-2-3-4-5-9-14-10-8-12-16-15-11-6-7-13-17(15)19-18(14)16/h6-7,11,13-14H,2-5,8-10,12H2,1H3. The number of hydrogen-bond acceptors (Lipinski definition) is 0. The molecule has 1 aliphatic heterocycles. The van der Waals surface area contributed by atoms with Crippen molar-refractivity contribution >= 4 is 11.3 Å². The van der Waals surface area contributed by atoms with E-state index in [1.807, 2.05) is 0 Å². The van der Waals surface area contributed by atoms with Gasteiger partial charge in [0.1, 0.15) is 0 Å². The van der Waals surface area contributed by atoms with E-state index < -0.39 is 0 Å². The molecule has 2 aliphatic rings. The maximum absolute atomic E-state index is 4.93. The van der Waals surface area contributed by atoms with Crippen molar-refractivity contribution in [1.82, 2.24) is 5.32 Å². The Morgan fingerprint density at radius 3 is 2.95 bits per heavy atom. The number of para-hydroxylation sites is 1. The third-order valence-corrected chi connectivity index (χ3v) is 4.55. The Balaban J connectivity index is 1.70. The van der Waals surface area contributed by atoms with Gasteiger partial charge >= 0.3 is 0 Å². The lowest BCUT2D eigenvalue weighted by molar-refractivity contribution is 0.445. The lowest BCUT2D eigenvalue weighted by Gasteiger charge is -2.23. The summed E-state index contributed by atoms with van der Waals surface area (Å²) in [5, 5.41) is 4.93. The van der Waals surface area contributed by atoms with Gasteiger partial charge in [-0.3, -0.25) is 5.32 Å². The smallest absolute Gasteiger partial charge is 0.0708 e. The molecule has 0 saturated carbocycles. The normalized spacial score (nSPS) is 21.0. The number of hydrogen-bond donors (Lipinski definition) is 0. The number of rotatable bonds is 5. The van der Waals surface area contributed by atoms with Crippen LogP contribution in [0.3, 0.4) is 0 Å². The molecule has 0 bridgehead atoms. The number of benzene rings is 1. The summed E-state index contributed by atoms with van der Waals surface area (Å²) in [5.74, 6) is 0.730. The zero-order valence-electron chi connectivity index (χ0n) is 12.0. The second kappa shape index (κ2) is 5.81. The molecular weight excluding hydrogens is 230 g/mol. The summed E-state index contributed by atoms with van der Waals surface area (Å²) in [6, 6.07) is 8.68. The van der Waals surface area contributed by atoms with E-state index in [2.05, 4.69) is 31.2 Å². The zero-order chi connectivity index (χ0) is 13.1. The first kappa shape index (κ1) is 12.8. The fourth-order valence-electron chi connectivity index (χ4n) is 3.52. The summed E-state index contributed by atoms with van der Waals surface area (Å²) in [6.45, 7) is 2.28. The monoisotopic (exact) mass is 254 g/mol. The summed E-state index contributed by atoms with van der Waals surface area (Å²) < 4.78 is 0. The fourth-order valence-corrected chi connectivity index (χ4v) is 3.52. The van der Waals surface area contributed by atoms with Gasteiger partial charge in [-0.05, 0) is 37.3 Å². The molecule has 1 atom stereocenters. The largest absolute Gasteiger partial charge is 0.252 e. The van der Waals surface area contributed by atoms with Crippen molar-refractivity contribution in [2.24, 2.45) is 5.92 Å². The maximum Gasteiger partial charge on any atom is 0.0708 e. The van der Waals surface area contributed by atoms with Crippen molar-refractivity contribution in [2.75, 3.05) is 0 Å². The van der Waals surface area contributed by atoms with Gasteiger partial charge in [0, 0.05) is 17.2 Å². The van der Waals surface area contributed by atoms with Gasteiger partial charge in [-0.2, -0.15) is 0 Å². The van der Waals surface area contributed by atoms with Crippen LogP contribution in [-0.4, -0.2) is 0 Å². The van der Waals surface area contributed by atoms with E-state index in [1.54, 1.807) is 5.57 Å². The molecular formula is C18H24N. The third kappa shape index (κ3) is 2.56. The molecule has 0 spiro atoms. The van der Waals surface area contributed by atoms with Gasteiger partial charge in [0.2, 0.25) is 0 Å². The molecule has 1 aromatic carbocycles. The molecule has 0 aromatic heterocycles. The quantitative estimate of drug-likeness (QED) is 0.623. The summed E-state index contributed by atoms with van der Waals surface area (Å²) >= 11 is 0. The zero-order valence-corrected chi connectivity index (χ0v) is 12.0. The second-order valence-electron chi connectivity index (χ2n) is 5.93. The lowest BCUT2D eigenvalue weighted by atomic mass is 9.83. The van der Waals surface area contributed by atoms with Gasteiger partial charge in [0.25, 0.3) is 0 Å². The van der Waals surface area contributed by atoms with E-state index in [1.165, 1.54) is 68.3 Å². The van der Waals surface area contributed by atoms with Crippen molar-refractivity contribution in [3.63, 3.8) is 0 Å². The van der Waals surface area contributed by atoms with Gasteiger partial charge in [-0.15, -0.1) is 0 Å². The average molecular weight is 254 g/mol. The summed E-state index contributed by atoms with van der Waals surface area (Å²) in [4.78, 5) is 0. The minimum atomic E-state index is 0.730. The highest BCUT2D eigenvalue weighted by Crippen LogP contribution is 2.45. The highest BCUT2D eigenvalue weighted by molar-refractivity contribution is 5.82. The highest BCUT2D eigenvalue weighted by Gasteiger charge is 2.30. The van der Waals surface area contributed by atoms with Crippen LogP contribution < -0.4 is 5.32 Å². The average Bonchev–Trinajstić information content (AvgIpc) is 2.83. The Morgan fingerprint density at radius 2 is 2.05 bits per heavy atom. The van der Waals surface area contributed by atoms with Gasteiger partial charge in [-0.25, -0.2) is 0 Å². The molecule has 0 amide bonds. The highest BCUT2D eigenvalue weighted by atomic mass is 14.9. The Hall–Kier alpha value is -1.24. The van der Waals surface area contributed by atoms with Gasteiger partial charge in [-0.1, -0.05) is 50.8 Å². The molecule has 1 radical (unpaired) electrons. The minimum absolute atomic E-state index is 0.730. The van der Waals surface area contributed by atoms with Crippen molar-refractivity contribution in [3.05, 3.63) is 35.5 Å². The van der Waals surface area contributed by atoms with E-state index in [9.17, 15) is 0 Å². The van der Waals surface area contributed by atoms with Gasteiger partial charge in [0.15, 0.2) is 0 Å². The SMILES string of the molecule is CCCCCCC1CCCC2=C1[N]c1ccccc12. The maximum atomic E-state index is 4.93. The summed E-state index contributed by atoms with van der Waals surface area (Å²) in [6.07, 6.45) is 10.8. The van der Waals surface area contributed by atoms with E-state index in [0.717, 1.165) is 5.92 Å². The Bertz CT molecular complexity index is 472. The van der Waals surface area contributed by atoms with Crippen molar-refractivity contribution < 1.29 is 0 Å². The molecule has 0 fully saturated rings. The van der Waals surface area contributed by atoms with Crippen molar-refractivity contribution in [2.45, 2.75) is 58.3 Å². The van der Waals surface area contributed by atoms with Crippen LogP contribution in [0.25, 0.3) is 5.57 Å². The molecule has 1 nitrogen and oxygen atoms in total. The second-order valence-corrected chi connectivity index (χ2v) is 5.93. The molecule has 0 N–H and O–H groups in total. The topological polar surface area (TPSA) is 14.1 Å². The van der Waals surface area contributed by atoms with E-state index in [0.29, 0.717) is 0 Å². The number of fused-ring (bicyclic) bond motifs is 2. The molecule has 1 heteroatoms. The molecule has 101 valence electrons. The molecule has 1 aromatic rings. The Labute approximate surface area is 117 Å². The van der Waals surface area contributed by atoms with Crippen LogP contribution in [0.2, 0.25) is 0 Å². The van der Waals surface area contributed by atoms with E-state index in [-0.39, 0.29) is 0 Å². The van der Waals surface area contributed by atoms with Gasteiger partial charge < -0.3 is 0 Å². The lowest BCUT2D eigenvalue weighted by Crippen LogP contribution is -2.13. The number of allylic oxidation sites excluding steroid dienone is 2. The van der Waals surface area contributed by atoms with E-state index in [4.69, 9.17) is 5.32 Å². The van der Waals surface area contributed by atoms with Crippen LogP contribution in [0.5, 0.6) is 0 Å². The molecule has 19 heavy (non-hydrogen) atoms. The van der Waals surface area contributed by atoms with Crippen LogP contribution in [0.4, 0.5) is 5.69 Å². The molecule has 0 saturated heterocycles. The van der Waals surface area contributed by atoms with Crippen molar-refractivity contribution in [1.29, 1.82) is 0 Å². The molecule has 3 rings (SSSR count). The number of unbranched alkanes of at least 4 members (excludes halogenated alkanes) is 3. The van der Waals surface area contributed by atoms with Crippen LogP contribution in [0.1, 0.15) is 63.9 Å². The first-order chi connectivity index (χ1) is 9.40. The number of nitrogens with zero attached hydrogens (tertiary/aromatic N) is 1. The molecule has 1 aliphatic carbocycles. The van der Waals surface area contributed by atoms with Crippen LogP contribution >= 0.6 is 0 Å². The molecule has 1 heterocycles. The summed E-state index contributed by atoms with van der Waals surface area (Å²) in [7, 11) is 0. The first-order valence-corrected chi connectivity index (χ1v) is 7.94.